The van der Waals surface area contributed by atoms with Gasteiger partial charge < -0.3 is 5.32 Å². The molecule has 0 bridgehead atoms. The molecule has 0 fully saturated rings. The van der Waals surface area contributed by atoms with Crippen molar-refractivity contribution in [2.45, 2.75) is 6.54 Å². The number of thiophene rings is 1. The Morgan fingerprint density at radius 1 is 0.950 bits per heavy atom. The van der Waals surface area contributed by atoms with E-state index in [1.165, 1.54) is 21.7 Å². The Labute approximate surface area is 131 Å². The third-order valence-corrected chi connectivity index (χ3v) is 4.78. The van der Waals surface area contributed by atoms with Crippen LogP contribution in [-0.2, 0) is 6.54 Å². The van der Waals surface area contributed by atoms with Crippen LogP contribution in [-0.4, -0.2) is 0 Å². The fraction of sp³-hybridized carbons (Fsp3) is 0.0588. The molecule has 0 aliphatic heterocycles. The standard InChI is InChI=1S/C17H14BrNS/c18-14-10-15(20-12-14)11-19-17-9-5-4-8-16(17)13-6-2-1-3-7-13/h1-10,12,19H,11H2. The van der Waals surface area contributed by atoms with E-state index in [0.29, 0.717) is 0 Å². The van der Waals surface area contributed by atoms with Gasteiger partial charge >= 0.3 is 0 Å². The summed E-state index contributed by atoms with van der Waals surface area (Å²) in [7, 11) is 0. The van der Waals surface area contributed by atoms with Crippen LogP contribution in [0.15, 0.2) is 70.5 Å². The first-order chi connectivity index (χ1) is 9.83. The maximum absolute atomic E-state index is 3.53. The minimum absolute atomic E-state index is 0.847. The molecule has 2 aromatic carbocycles. The molecule has 3 heteroatoms. The highest BCUT2D eigenvalue weighted by atomic mass is 79.9. The first-order valence-corrected chi connectivity index (χ1v) is 8.11. The highest BCUT2D eigenvalue weighted by molar-refractivity contribution is 9.10. The monoisotopic (exact) mass is 343 g/mol. The minimum Gasteiger partial charge on any atom is -0.380 e. The Morgan fingerprint density at radius 2 is 1.70 bits per heavy atom. The average Bonchev–Trinajstić information content (AvgIpc) is 2.92. The molecule has 0 atom stereocenters. The van der Waals surface area contributed by atoms with Crippen molar-refractivity contribution < 1.29 is 0 Å². The van der Waals surface area contributed by atoms with Gasteiger partial charge in [-0.2, -0.15) is 0 Å². The van der Waals surface area contributed by atoms with E-state index in [1.807, 2.05) is 6.07 Å². The van der Waals surface area contributed by atoms with Crippen LogP contribution in [0.3, 0.4) is 0 Å². The van der Waals surface area contributed by atoms with Crippen molar-refractivity contribution in [2.24, 2.45) is 0 Å². The number of rotatable bonds is 4. The molecule has 0 saturated heterocycles. The predicted molar refractivity (Wildman–Crippen MR) is 91.2 cm³/mol. The van der Waals surface area contributed by atoms with E-state index in [-0.39, 0.29) is 0 Å². The van der Waals surface area contributed by atoms with Crippen LogP contribution in [0, 0.1) is 0 Å². The zero-order valence-corrected chi connectivity index (χ0v) is 13.2. The molecule has 100 valence electrons. The Morgan fingerprint density at radius 3 is 2.45 bits per heavy atom. The molecule has 0 radical (unpaired) electrons. The molecule has 0 saturated carbocycles. The van der Waals surface area contributed by atoms with Crippen LogP contribution in [0.25, 0.3) is 11.1 Å². The minimum atomic E-state index is 0.847. The lowest BCUT2D eigenvalue weighted by atomic mass is 10.0. The molecule has 0 amide bonds. The normalized spacial score (nSPS) is 10.4. The lowest BCUT2D eigenvalue weighted by molar-refractivity contribution is 1.19. The molecule has 0 aliphatic carbocycles. The fourth-order valence-electron chi connectivity index (χ4n) is 2.14. The third-order valence-electron chi connectivity index (χ3n) is 3.09. The van der Waals surface area contributed by atoms with Crippen molar-refractivity contribution in [3.05, 3.63) is 75.4 Å². The number of benzene rings is 2. The molecule has 20 heavy (non-hydrogen) atoms. The summed E-state index contributed by atoms with van der Waals surface area (Å²) < 4.78 is 1.15. The average molecular weight is 344 g/mol. The summed E-state index contributed by atoms with van der Waals surface area (Å²) in [4.78, 5) is 1.32. The van der Waals surface area contributed by atoms with Crippen molar-refractivity contribution in [3.8, 4) is 11.1 Å². The van der Waals surface area contributed by atoms with Crippen molar-refractivity contribution in [1.82, 2.24) is 0 Å². The summed E-state index contributed by atoms with van der Waals surface area (Å²) in [5.74, 6) is 0. The second-order valence-electron chi connectivity index (χ2n) is 4.50. The summed E-state index contributed by atoms with van der Waals surface area (Å²) >= 11 is 5.25. The van der Waals surface area contributed by atoms with Gasteiger partial charge in [-0.3, -0.25) is 0 Å². The van der Waals surface area contributed by atoms with Crippen LogP contribution < -0.4 is 5.32 Å². The number of nitrogens with one attached hydrogen (secondary N) is 1. The van der Waals surface area contributed by atoms with Crippen molar-refractivity contribution in [2.75, 3.05) is 5.32 Å². The molecule has 0 unspecified atom stereocenters. The molecular formula is C17H14BrNS. The fourth-order valence-corrected chi connectivity index (χ4v) is 3.53. The van der Waals surface area contributed by atoms with E-state index in [2.05, 4.69) is 81.2 Å². The smallest absolute Gasteiger partial charge is 0.0494 e. The SMILES string of the molecule is Brc1csc(CNc2ccccc2-c2ccccc2)c1. The largest absolute Gasteiger partial charge is 0.380 e. The summed E-state index contributed by atoms with van der Waals surface area (Å²) in [5, 5.41) is 5.64. The molecule has 0 spiro atoms. The number of halogens is 1. The number of para-hydroxylation sites is 1. The summed E-state index contributed by atoms with van der Waals surface area (Å²) in [6.45, 7) is 0.847. The highest BCUT2D eigenvalue weighted by Gasteiger charge is 2.04. The summed E-state index contributed by atoms with van der Waals surface area (Å²) in [6.07, 6.45) is 0. The molecule has 1 heterocycles. The van der Waals surface area contributed by atoms with Gasteiger partial charge in [0, 0.05) is 32.5 Å². The molecule has 3 rings (SSSR count). The summed E-state index contributed by atoms with van der Waals surface area (Å²) in [5.41, 5.74) is 3.65. The highest BCUT2D eigenvalue weighted by Crippen LogP contribution is 2.28. The van der Waals surface area contributed by atoms with Gasteiger partial charge in [0.05, 0.1) is 0 Å². The van der Waals surface area contributed by atoms with Gasteiger partial charge in [0.2, 0.25) is 0 Å². The Hall–Kier alpha value is -1.58. The molecule has 0 aliphatic rings. The van der Waals surface area contributed by atoms with Crippen LogP contribution >= 0.6 is 27.3 Å². The number of hydrogen-bond acceptors (Lipinski definition) is 2. The lowest BCUT2D eigenvalue weighted by Crippen LogP contribution is -1.99. The molecule has 1 nitrogen and oxygen atoms in total. The van der Waals surface area contributed by atoms with Gasteiger partial charge in [-0.05, 0) is 33.6 Å². The Balaban J connectivity index is 1.83. The van der Waals surface area contributed by atoms with E-state index in [4.69, 9.17) is 0 Å². The second-order valence-corrected chi connectivity index (χ2v) is 6.41. The van der Waals surface area contributed by atoms with Crippen molar-refractivity contribution in [3.63, 3.8) is 0 Å². The number of anilines is 1. The van der Waals surface area contributed by atoms with E-state index in [0.717, 1.165) is 11.0 Å². The zero-order valence-electron chi connectivity index (χ0n) is 10.8. The maximum Gasteiger partial charge on any atom is 0.0494 e. The van der Waals surface area contributed by atoms with E-state index in [1.54, 1.807) is 11.3 Å². The van der Waals surface area contributed by atoms with Crippen LogP contribution in [0.1, 0.15) is 4.88 Å². The first-order valence-electron chi connectivity index (χ1n) is 6.44. The van der Waals surface area contributed by atoms with Crippen molar-refractivity contribution in [1.29, 1.82) is 0 Å². The second kappa shape index (κ2) is 6.25. The topological polar surface area (TPSA) is 12.0 Å². The predicted octanol–water partition coefficient (Wildman–Crippen LogP) is 5.79. The zero-order chi connectivity index (χ0) is 13.8. The Kier molecular flexibility index (Phi) is 4.19. The molecule has 3 aromatic rings. The quantitative estimate of drug-likeness (QED) is 0.632. The van der Waals surface area contributed by atoms with Crippen molar-refractivity contribution >= 4 is 33.0 Å². The van der Waals surface area contributed by atoms with Gasteiger partial charge in [-0.15, -0.1) is 11.3 Å². The van der Waals surface area contributed by atoms with Crippen LogP contribution in [0.2, 0.25) is 0 Å². The van der Waals surface area contributed by atoms with Crippen LogP contribution in [0.4, 0.5) is 5.69 Å². The molecule has 1 N–H and O–H groups in total. The summed E-state index contributed by atoms with van der Waals surface area (Å²) in [6, 6.07) is 21.1. The lowest BCUT2D eigenvalue weighted by Gasteiger charge is -2.11. The van der Waals surface area contributed by atoms with Gasteiger partial charge in [0.1, 0.15) is 0 Å². The first kappa shape index (κ1) is 13.4. The van der Waals surface area contributed by atoms with E-state index in [9.17, 15) is 0 Å². The number of hydrogen-bond donors (Lipinski definition) is 1. The Bertz CT molecular complexity index is 691. The molecule has 1 aromatic heterocycles. The van der Waals surface area contributed by atoms with Gasteiger partial charge in [0.25, 0.3) is 0 Å². The maximum atomic E-state index is 3.53. The van der Waals surface area contributed by atoms with E-state index < -0.39 is 0 Å². The van der Waals surface area contributed by atoms with E-state index >= 15 is 0 Å². The van der Waals surface area contributed by atoms with Crippen LogP contribution in [0.5, 0.6) is 0 Å². The molecular weight excluding hydrogens is 330 g/mol. The van der Waals surface area contributed by atoms with Gasteiger partial charge in [-0.25, -0.2) is 0 Å². The van der Waals surface area contributed by atoms with Gasteiger partial charge in [-0.1, -0.05) is 48.5 Å². The third kappa shape index (κ3) is 3.11. The van der Waals surface area contributed by atoms with Gasteiger partial charge in [0.15, 0.2) is 0 Å².